The molecule has 4 heteroatoms. The number of nitrogens with zero attached hydrogens (tertiary/aromatic N) is 1. The van der Waals surface area contributed by atoms with Gasteiger partial charge in [-0.1, -0.05) is 31.2 Å². The van der Waals surface area contributed by atoms with Crippen LogP contribution in [0.5, 0.6) is 5.75 Å². The predicted molar refractivity (Wildman–Crippen MR) is 94.5 cm³/mol. The molecule has 24 heavy (non-hydrogen) atoms. The first kappa shape index (κ1) is 16.0. The third kappa shape index (κ3) is 3.08. The minimum absolute atomic E-state index is 0.0900. The second-order valence-corrected chi connectivity index (χ2v) is 5.74. The first-order chi connectivity index (χ1) is 11.6. The number of hydrogen-bond donors (Lipinski definition) is 1. The van der Waals surface area contributed by atoms with E-state index in [9.17, 15) is 9.90 Å². The summed E-state index contributed by atoms with van der Waals surface area (Å²) in [5, 5.41) is 10.3. The minimum atomic E-state index is -0.985. The molecule has 0 aliphatic heterocycles. The van der Waals surface area contributed by atoms with E-state index < -0.39 is 5.97 Å². The molecule has 0 saturated carbocycles. The highest BCUT2D eigenvalue weighted by Gasteiger charge is 2.15. The first-order valence-electron chi connectivity index (χ1n) is 7.98. The van der Waals surface area contributed by atoms with E-state index in [1.54, 1.807) is 18.3 Å². The molecule has 122 valence electrons. The minimum Gasteiger partial charge on any atom is -0.490 e. The Bertz CT molecular complexity index is 889. The third-order valence-corrected chi connectivity index (χ3v) is 4.04. The molecule has 0 aliphatic rings. The molecular formula is C20H19NO3. The van der Waals surface area contributed by atoms with Crippen LogP contribution in [0.15, 0.2) is 54.7 Å². The van der Waals surface area contributed by atoms with E-state index in [2.05, 4.69) is 11.9 Å². The summed E-state index contributed by atoms with van der Waals surface area (Å²) in [5.74, 6) is -0.229. The Kier molecular flexibility index (Phi) is 4.47. The molecule has 0 spiro atoms. The van der Waals surface area contributed by atoms with Gasteiger partial charge in [0.05, 0.1) is 17.2 Å². The van der Waals surface area contributed by atoms with Crippen molar-refractivity contribution in [3.05, 3.63) is 60.3 Å². The van der Waals surface area contributed by atoms with Crippen molar-refractivity contribution in [3.63, 3.8) is 0 Å². The summed E-state index contributed by atoms with van der Waals surface area (Å²) in [6.07, 6.45) is 2.59. The quantitative estimate of drug-likeness (QED) is 0.735. The number of carboxylic acid groups (broad SMARTS) is 1. The molecule has 1 N–H and O–H groups in total. The van der Waals surface area contributed by atoms with Gasteiger partial charge in [0.2, 0.25) is 0 Å². The molecule has 3 aromatic rings. The van der Waals surface area contributed by atoms with Gasteiger partial charge in [0, 0.05) is 17.1 Å². The molecule has 0 radical (unpaired) electrons. The lowest BCUT2D eigenvalue weighted by molar-refractivity contribution is 0.0699. The lowest BCUT2D eigenvalue weighted by Gasteiger charge is -2.17. The second-order valence-electron chi connectivity index (χ2n) is 5.74. The van der Waals surface area contributed by atoms with Crippen molar-refractivity contribution in [2.45, 2.75) is 26.4 Å². The smallest absolute Gasteiger partial charge is 0.337 e. The summed E-state index contributed by atoms with van der Waals surface area (Å²) in [6, 6.07) is 15.0. The van der Waals surface area contributed by atoms with Gasteiger partial charge in [-0.15, -0.1) is 0 Å². The van der Waals surface area contributed by atoms with E-state index in [0.29, 0.717) is 5.52 Å². The second kappa shape index (κ2) is 6.71. The summed E-state index contributed by atoms with van der Waals surface area (Å²) in [6.45, 7) is 4.08. The van der Waals surface area contributed by atoms with Gasteiger partial charge in [-0.25, -0.2) is 4.79 Å². The van der Waals surface area contributed by atoms with Crippen LogP contribution in [-0.2, 0) is 0 Å². The lowest BCUT2D eigenvalue weighted by atomic mass is 9.98. The Morgan fingerprint density at radius 3 is 2.75 bits per heavy atom. The Hall–Kier alpha value is -2.88. The Labute approximate surface area is 140 Å². The number of carbonyl (C=O) groups is 1. The number of fused-ring (bicyclic) bond motifs is 1. The van der Waals surface area contributed by atoms with Gasteiger partial charge in [0.1, 0.15) is 5.75 Å². The highest BCUT2D eigenvalue weighted by atomic mass is 16.5. The summed E-state index contributed by atoms with van der Waals surface area (Å²) in [4.78, 5) is 15.8. The van der Waals surface area contributed by atoms with Crippen LogP contribution in [-0.4, -0.2) is 22.2 Å². The van der Waals surface area contributed by atoms with Gasteiger partial charge < -0.3 is 9.84 Å². The van der Waals surface area contributed by atoms with Crippen molar-refractivity contribution >= 4 is 16.9 Å². The van der Waals surface area contributed by atoms with Crippen molar-refractivity contribution in [1.29, 1.82) is 0 Å². The van der Waals surface area contributed by atoms with Crippen LogP contribution < -0.4 is 4.74 Å². The van der Waals surface area contributed by atoms with Crippen LogP contribution in [0.3, 0.4) is 0 Å². The zero-order chi connectivity index (χ0) is 17.1. The zero-order valence-electron chi connectivity index (χ0n) is 13.7. The maximum Gasteiger partial charge on any atom is 0.337 e. The molecule has 3 rings (SSSR count). The molecule has 1 heterocycles. The van der Waals surface area contributed by atoms with E-state index in [1.165, 1.54) is 0 Å². The molecule has 0 aliphatic carbocycles. The summed E-state index contributed by atoms with van der Waals surface area (Å²) >= 11 is 0. The van der Waals surface area contributed by atoms with Gasteiger partial charge in [0.15, 0.2) is 0 Å². The molecule has 0 amide bonds. The molecule has 2 aromatic carbocycles. The van der Waals surface area contributed by atoms with Crippen molar-refractivity contribution in [2.24, 2.45) is 0 Å². The van der Waals surface area contributed by atoms with Crippen LogP contribution in [0.2, 0.25) is 0 Å². The van der Waals surface area contributed by atoms with Crippen molar-refractivity contribution in [3.8, 4) is 16.9 Å². The summed E-state index contributed by atoms with van der Waals surface area (Å²) in [7, 11) is 0. The number of aromatic carboxylic acids is 1. The third-order valence-electron chi connectivity index (χ3n) is 4.04. The number of ether oxygens (including phenoxy) is 1. The predicted octanol–water partition coefficient (Wildman–Crippen LogP) is 4.78. The van der Waals surface area contributed by atoms with E-state index in [4.69, 9.17) is 4.74 Å². The number of carboxylic acids is 1. The van der Waals surface area contributed by atoms with Crippen LogP contribution in [0, 0.1) is 0 Å². The number of aromatic nitrogens is 1. The van der Waals surface area contributed by atoms with Gasteiger partial charge in [-0.3, -0.25) is 4.98 Å². The molecular weight excluding hydrogens is 302 g/mol. The normalized spacial score (nSPS) is 12.1. The van der Waals surface area contributed by atoms with Crippen LogP contribution in [0.25, 0.3) is 22.0 Å². The number of pyridine rings is 1. The van der Waals surface area contributed by atoms with Gasteiger partial charge in [0.25, 0.3) is 0 Å². The van der Waals surface area contributed by atoms with E-state index >= 15 is 0 Å². The average molecular weight is 321 g/mol. The van der Waals surface area contributed by atoms with E-state index in [1.807, 2.05) is 43.3 Å². The molecule has 0 fully saturated rings. The zero-order valence-corrected chi connectivity index (χ0v) is 13.7. The number of benzene rings is 2. The Balaban J connectivity index is 2.18. The van der Waals surface area contributed by atoms with Gasteiger partial charge in [-0.05, 0) is 43.2 Å². The number of rotatable bonds is 5. The highest BCUT2D eigenvalue weighted by molar-refractivity contribution is 6.04. The topological polar surface area (TPSA) is 59.4 Å². The van der Waals surface area contributed by atoms with E-state index in [-0.39, 0.29) is 11.7 Å². The summed E-state index contributed by atoms with van der Waals surface area (Å²) in [5.41, 5.74) is 2.38. The Morgan fingerprint density at radius 1 is 1.21 bits per heavy atom. The lowest BCUT2D eigenvalue weighted by Crippen LogP contribution is -2.10. The molecule has 1 atom stereocenters. The fraction of sp³-hybridized carbons (Fsp3) is 0.200. The van der Waals surface area contributed by atoms with Crippen LogP contribution in [0.1, 0.15) is 30.6 Å². The molecule has 4 nitrogen and oxygen atoms in total. The molecule has 0 saturated heterocycles. The maximum absolute atomic E-state index is 11.6. The van der Waals surface area contributed by atoms with Crippen LogP contribution in [0.4, 0.5) is 0 Å². The maximum atomic E-state index is 11.6. The first-order valence-corrected chi connectivity index (χ1v) is 7.98. The van der Waals surface area contributed by atoms with Crippen LogP contribution >= 0.6 is 0 Å². The SMILES string of the molecule is CCC(C)Oc1ccccc1-c1cc(C(=O)O)c2ncccc2c1. The molecule has 0 bridgehead atoms. The molecule has 1 unspecified atom stereocenters. The number of hydrogen-bond acceptors (Lipinski definition) is 3. The Morgan fingerprint density at radius 2 is 2.00 bits per heavy atom. The fourth-order valence-electron chi connectivity index (χ4n) is 2.62. The largest absolute Gasteiger partial charge is 0.490 e. The van der Waals surface area contributed by atoms with Crippen molar-refractivity contribution in [2.75, 3.05) is 0 Å². The monoisotopic (exact) mass is 321 g/mol. The van der Waals surface area contributed by atoms with Crippen molar-refractivity contribution < 1.29 is 14.6 Å². The summed E-state index contributed by atoms with van der Waals surface area (Å²) < 4.78 is 6.00. The van der Waals surface area contributed by atoms with Gasteiger partial charge in [-0.2, -0.15) is 0 Å². The highest BCUT2D eigenvalue weighted by Crippen LogP contribution is 2.34. The standard InChI is InChI=1S/C20H19NO3/c1-3-13(2)24-18-9-5-4-8-16(18)15-11-14-7-6-10-21-19(14)17(12-15)20(22)23/h4-13H,3H2,1-2H3,(H,22,23). The molecule has 1 aromatic heterocycles. The van der Waals surface area contributed by atoms with Crippen molar-refractivity contribution in [1.82, 2.24) is 4.98 Å². The van der Waals surface area contributed by atoms with E-state index in [0.717, 1.165) is 28.7 Å². The number of para-hydroxylation sites is 1. The van der Waals surface area contributed by atoms with Gasteiger partial charge >= 0.3 is 5.97 Å². The fourth-order valence-corrected chi connectivity index (χ4v) is 2.62. The average Bonchev–Trinajstić information content (AvgIpc) is 2.61.